The first-order valence-electron chi connectivity index (χ1n) is 4.72. The Labute approximate surface area is 82.5 Å². The predicted molar refractivity (Wildman–Crippen MR) is 52.5 cm³/mol. The minimum atomic E-state index is 0.132. The highest BCUT2D eigenvalue weighted by Crippen LogP contribution is 2.21. The Morgan fingerprint density at radius 1 is 1.71 bits per heavy atom. The molecule has 0 radical (unpaired) electrons. The average molecular weight is 194 g/mol. The number of anilines is 1. The molecule has 0 aliphatic carbocycles. The Morgan fingerprint density at radius 2 is 2.50 bits per heavy atom. The topological polar surface area (TPSA) is 64.2 Å². The molecular formula is C9H14N4O. The number of rotatable bonds is 1. The van der Waals surface area contributed by atoms with Gasteiger partial charge in [-0.25, -0.2) is 0 Å². The quantitative estimate of drug-likeness (QED) is 0.697. The number of nitrogens with two attached hydrogens (primary N) is 1. The van der Waals surface area contributed by atoms with Crippen LogP contribution in [0.3, 0.4) is 0 Å². The molecule has 1 atom stereocenters. The molecular weight excluding hydrogens is 180 g/mol. The van der Waals surface area contributed by atoms with E-state index in [2.05, 4.69) is 5.10 Å². The molecule has 0 aromatic carbocycles. The maximum atomic E-state index is 11.1. The van der Waals surface area contributed by atoms with Crippen LogP contribution in [0, 0.1) is 0 Å². The van der Waals surface area contributed by atoms with Crippen LogP contribution in [0.5, 0.6) is 0 Å². The number of amides is 1. The lowest BCUT2D eigenvalue weighted by atomic mass is 10.3. The van der Waals surface area contributed by atoms with Crippen molar-refractivity contribution in [1.29, 1.82) is 0 Å². The van der Waals surface area contributed by atoms with E-state index in [1.54, 1.807) is 13.1 Å². The molecule has 14 heavy (non-hydrogen) atoms. The van der Waals surface area contributed by atoms with Gasteiger partial charge in [0.25, 0.3) is 0 Å². The van der Waals surface area contributed by atoms with E-state index in [0.29, 0.717) is 5.69 Å². The van der Waals surface area contributed by atoms with Gasteiger partial charge in [-0.15, -0.1) is 0 Å². The lowest BCUT2D eigenvalue weighted by molar-refractivity contribution is -0.127. The number of carbonyl (C=O) groups excluding carboxylic acids is 1. The molecule has 5 nitrogen and oxygen atoms in total. The van der Waals surface area contributed by atoms with Crippen LogP contribution in [0.25, 0.3) is 0 Å². The minimum Gasteiger partial charge on any atom is -0.396 e. The first kappa shape index (κ1) is 9.05. The molecule has 1 aliphatic heterocycles. The second-order valence-corrected chi connectivity index (χ2v) is 3.66. The fourth-order valence-electron chi connectivity index (χ4n) is 1.80. The van der Waals surface area contributed by atoms with Gasteiger partial charge >= 0.3 is 0 Å². The zero-order valence-corrected chi connectivity index (χ0v) is 8.18. The third-order valence-electron chi connectivity index (χ3n) is 2.60. The van der Waals surface area contributed by atoms with Crippen molar-refractivity contribution in [2.75, 3.05) is 18.8 Å². The van der Waals surface area contributed by atoms with Crippen molar-refractivity contribution in [3.8, 4) is 0 Å². The minimum absolute atomic E-state index is 0.132. The van der Waals surface area contributed by atoms with Crippen LogP contribution in [-0.4, -0.2) is 33.7 Å². The van der Waals surface area contributed by atoms with Crippen LogP contribution in [0.15, 0.2) is 12.4 Å². The van der Waals surface area contributed by atoms with Gasteiger partial charge in [0.05, 0.1) is 17.9 Å². The monoisotopic (exact) mass is 194 g/mol. The van der Waals surface area contributed by atoms with Crippen molar-refractivity contribution < 1.29 is 4.79 Å². The lowest BCUT2D eigenvalue weighted by Gasteiger charge is -2.13. The van der Waals surface area contributed by atoms with Gasteiger partial charge < -0.3 is 10.6 Å². The van der Waals surface area contributed by atoms with Crippen molar-refractivity contribution >= 4 is 11.6 Å². The summed E-state index contributed by atoms with van der Waals surface area (Å²) in [5, 5.41) is 4.15. The van der Waals surface area contributed by atoms with Gasteiger partial charge in [0, 0.05) is 26.2 Å². The largest absolute Gasteiger partial charge is 0.396 e. The molecule has 0 bridgehead atoms. The molecule has 2 rings (SSSR count). The number of hydrogen-bond acceptors (Lipinski definition) is 3. The second-order valence-electron chi connectivity index (χ2n) is 3.66. The number of carbonyl (C=O) groups is 1. The fourth-order valence-corrected chi connectivity index (χ4v) is 1.80. The smallest absolute Gasteiger partial charge is 0.219 e. The van der Waals surface area contributed by atoms with Gasteiger partial charge in [-0.3, -0.25) is 9.48 Å². The molecule has 1 saturated heterocycles. The van der Waals surface area contributed by atoms with Gasteiger partial charge in [0.15, 0.2) is 0 Å². The molecule has 1 fully saturated rings. The summed E-state index contributed by atoms with van der Waals surface area (Å²) in [6, 6.07) is 0.288. The molecule has 1 aromatic heterocycles. The maximum absolute atomic E-state index is 11.1. The Balaban J connectivity index is 2.05. The van der Waals surface area contributed by atoms with Crippen LogP contribution < -0.4 is 5.73 Å². The number of likely N-dealkylation sites (tertiary alicyclic amines) is 1. The number of nitrogens with zero attached hydrogens (tertiary/aromatic N) is 3. The average Bonchev–Trinajstić information content (AvgIpc) is 2.70. The van der Waals surface area contributed by atoms with E-state index in [0.717, 1.165) is 19.5 Å². The first-order valence-corrected chi connectivity index (χ1v) is 4.72. The summed E-state index contributed by atoms with van der Waals surface area (Å²) in [4.78, 5) is 12.9. The zero-order valence-electron chi connectivity index (χ0n) is 8.18. The van der Waals surface area contributed by atoms with Gasteiger partial charge in [-0.2, -0.15) is 5.10 Å². The summed E-state index contributed by atoms with van der Waals surface area (Å²) in [6.45, 7) is 3.16. The van der Waals surface area contributed by atoms with Crippen molar-refractivity contribution in [2.24, 2.45) is 0 Å². The highest BCUT2D eigenvalue weighted by Gasteiger charge is 2.25. The molecule has 0 saturated carbocycles. The highest BCUT2D eigenvalue weighted by atomic mass is 16.2. The van der Waals surface area contributed by atoms with Gasteiger partial charge in [0.2, 0.25) is 5.91 Å². The zero-order chi connectivity index (χ0) is 10.1. The Kier molecular flexibility index (Phi) is 2.15. The normalized spacial score (nSPS) is 21.5. The van der Waals surface area contributed by atoms with Gasteiger partial charge in [-0.1, -0.05) is 0 Å². The summed E-state index contributed by atoms with van der Waals surface area (Å²) >= 11 is 0. The molecule has 0 spiro atoms. The molecule has 1 aliphatic rings. The predicted octanol–water partition coefficient (Wildman–Crippen LogP) is 0.259. The molecule has 1 aromatic rings. The molecule has 2 N–H and O–H groups in total. The number of aromatic nitrogens is 2. The Morgan fingerprint density at radius 3 is 3.00 bits per heavy atom. The van der Waals surface area contributed by atoms with Gasteiger partial charge in [0.1, 0.15) is 0 Å². The van der Waals surface area contributed by atoms with E-state index in [1.165, 1.54) is 0 Å². The van der Waals surface area contributed by atoms with Crippen LogP contribution in [-0.2, 0) is 4.79 Å². The summed E-state index contributed by atoms with van der Waals surface area (Å²) in [6.07, 6.45) is 4.41. The molecule has 1 amide bonds. The van der Waals surface area contributed by atoms with E-state index in [9.17, 15) is 4.79 Å². The third kappa shape index (κ3) is 1.57. The van der Waals surface area contributed by atoms with E-state index < -0.39 is 0 Å². The van der Waals surface area contributed by atoms with E-state index in [4.69, 9.17) is 5.73 Å². The fraction of sp³-hybridized carbons (Fsp3) is 0.556. The maximum Gasteiger partial charge on any atom is 0.219 e. The molecule has 76 valence electrons. The van der Waals surface area contributed by atoms with Crippen molar-refractivity contribution in [1.82, 2.24) is 14.7 Å². The number of nitrogen functional groups attached to an aromatic ring is 1. The lowest BCUT2D eigenvalue weighted by Crippen LogP contribution is -2.26. The van der Waals surface area contributed by atoms with Crippen molar-refractivity contribution in [2.45, 2.75) is 19.4 Å². The van der Waals surface area contributed by atoms with Crippen LogP contribution in [0.2, 0.25) is 0 Å². The van der Waals surface area contributed by atoms with E-state index in [1.807, 2.05) is 15.8 Å². The SMILES string of the molecule is CC(=O)N1CC[C@H](n2cc(N)cn2)C1. The number of hydrogen-bond donors (Lipinski definition) is 1. The van der Waals surface area contributed by atoms with Gasteiger partial charge in [-0.05, 0) is 6.42 Å². The van der Waals surface area contributed by atoms with Crippen LogP contribution >= 0.6 is 0 Å². The molecule has 2 heterocycles. The van der Waals surface area contributed by atoms with Crippen LogP contribution in [0.1, 0.15) is 19.4 Å². The standard InChI is InChI=1S/C9H14N4O/c1-7(14)12-3-2-9(6-12)13-5-8(10)4-11-13/h4-5,9H,2-3,6,10H2,1H3/t9-/m0/s1. The van der Waals surface area contributed by atoms with Crippen LogP contribution in [0.4, 0.5) is 5.69 Å². The Bertz CT molecular complexity index is 346. The summed E-state index contributed by atoms with van der Waals surface area (Å²) in [5.41, 5.74) is 6.25. The summed E-state index contributed by atoms with van der Waals surface area (Å²) < 4.78 is 1.85. The van der Waals surface area contributed by atoms with E-state index >= 15 is 0 Å². The molecule has 0 unspecified atom stereocenters. The van der Waals surface area contributed by atoms with E-state index in [-0.39, 0.29) is 11.9 Å². The third-order valence-corrected chi connectivity index (χ3v) is 2.60. The highest BCUT2D eigenvalue weighted by molar-refractivity contribution is 5.73. The summed E-state index contributed by atoms with van der Waals surface area (Å²) in [5.74, 6) is 0.132. The molecule has 5 heteroatoms. The Hall–Kier alpha value is -1.52. The van der Waals surface area contributed by atoms with Crippen molar-refractivity contribution in [3.05, 3.63) is 12.4 Å². The second kappa shape index (κ2) is 3.32. The van der Waals surface area contributed by atoms with Crippen molar-refractivity contribution in [3.63, 3.8) is 0 Å². The first-order chi connectivity index (χ1) is 6.66. The summed E-state index contributed by atoms with van der Waals surface area (Å²) in [7, 11) is 0.